The lowest BCUT2D eigenvalue weighted by Gasteiger charge is -2.29. The molecule has 3 aromatic rings. The summed E-state index contributed by atoms with van der Waals surface area (Å²) in [6.07, 6.45) is 1.80. The van der Waals surface area contributed by atoms with Crippen LogP contribution in [0, 0.1) is 0 Å². The van der Waals surface area contributed by atoms with Crippen LogP contribution in [0.3, 0.4) is 0 Å². The maximum absolute atomic E-state index is 4.09. The summed E-state index contributed by atoms with van der Waals surface area (Å²) in [5, 5.41) is 7.19. The Bertz CT molecular complexity index is 633. The average molecular weight is 263 g/mol. The number of aromatic nitrogens is 2. The van der Waals surface area contributed by atoms with Crippen LogP contribution in [0.4, 0.5) is 5.69 Å². The Morgan fingerprint density at radius 1 is 0.900 bits per heavy atom. The Labute approximate surface area is 118 Å². The highest BCUT2D eigenvalue weighted by atomic mass is 15.2. The van der Waals surface area contributed by atoms with E-state index in [1.165, 1.54) is 11.3 Å². The standard InChI is InChI=1S/C17H17N3/c1-20(15-10-6-3-7-11-15)17(16-12-13-18-19-16)14-8-4-2-5-9-14/h2-13,17H,1H3,(H,18,19). The normalized spacial score (nSPS) is 12.1. The van der Waals surface area contributed by atoms with Gasteiger partial charge in [-0.2, -0.15) is 5.10 Å². The Balaban J connectivity index is 2.03. The van der Waals surface area contributed by atoms with E-state index in [9.17, 15) is 0 Å². The van der Waals surface area contributed by atoms with Gasteiger partial charge in [-0.15, -0.1) is 0 Å². The van der Waals surface area contributed by atoms with Crippen molar-refractivity contribution >= 4 is 5.69 Å². The van der Waals surface area contributed by atoms with Gasteiger partial charge in [0.15, 0.2) is 0 Å². The molecule has 0 aliphatic heterocycles. The molecule has 1 heterocycles. The second-order valence-corrected chi connectivity index (χ2v) is 4.77. The molecule has 2 aromatic carbocycles. The van der Waals surface area contributed by atoms with Crippen LogP contribution in [0.25, 0.3) is 0 Å². The number of para-hydroxylation sites is 1. The SMILES string of the molecule is CN(c1ccccc1)C(c1ccccc1)c1ccn[nH]1. The quantitative estimate of drug-likeness (QED) is 0.779. The number of hydrogen-bond acceptors (Lipinski definition) is 2. The van der Waals surface area contributed by atoms with E-state index in [4.69, 9.17) is 0 Å². The molecule has 0 aliphatic rings. The van der Waals surface area contributed by atoms with E-state index in [2.05, 4.69) is 70.7 Å². The van der Waals surface area contributed by atoms with E-state index in [1.54, 1.807) is 6.20 Å². The number of nitrogens with zero attached hydrogens (tertiary/aromatic N) is 2. The van der Waals surface area contributed by atoms with Crippen LogP contribution in [-0.2, 0) is 0 Å². The Hall–Kier alpha value is -2.55. The van der Waals surface area contributed by atoms with Gasteiger partial charge in [0.1, 0.15) is 0 Å². The summed E-state index contributed by atoms with van der Waals surface area (Å²) in [6.45, 7) is 0. The molecule has 0 amide bonds. The predicted octanol–water partition coefficient (Wildman–Crippen LogP) is 3.64. The van der Waals surface area contributed by atoms with Crippen LogP contribution >= 0.6 is 0 Å². The van der Waals surface area contributed by atoms with Gasteiger partial charge in [-0.1, -0.05) is 48.5 Å². The van der Waals surface area contributed by atoms with Crippen molar-refractivity contribution in [3.8, 4) is 0 Å². The van der Waals surface area contributed by atoms with E-state index < -0.39 is 0 Å². The lowest BCUT2D eigenvalue weighted by molar-refractivity contribution is 0.749. The van der Waals surface area contributed by atoms with Gasteiger partial charge in [0, 0.05) is 18.9 Å². The molecular formula is C17H17N3. The lowest BCUT2D eigenvalue weighted by atomic mass is 10.0. The molecule has 0 saturated carbocycles. The molecule has 3 nitrogen and oxygen atoms in total. The first-order chi connectivity index (χ1) is 9.86. The van der Waals surface area contributed by atoms with Crippen molar-refractivity contribution in [3.05, 3.63) is 84.2 Å². The maximum atomic E-state index is 4.09. The molecule has 0 bridgehead atoms. The minimum absolute atomic E-state index is 0.126. The molecule has 1 N–H and O–H groups in total. The summed E-state index contributed by atoms with van der Waals surface area (Å²) >= 11 is 0. The first-order valence-corrected chi connectivity index (χ1v) is 6.68. The summed E-state index contributed by atoms with van der Waals surface area (Å²) in [6, 6.07) is 23.0. The predicted molar refractivity (Wildman–Crippen MR) is 81.7 cm³/mol. The number of H-pyrrole nitrogens is 1. The molecule has 1 atom stereocenters. The highest BCUT2D eigenvalue weighted by Gasteiger charge is 2.20. The molecule has 0 saturated heterocycles. The van der Waals surface area contributed by atoms with Crippen LogP contribution in [-0.4, -0.2) is 17.2 Å². The molecule has 100 valence electrons. The molecule has 3 rings (SSSR count). The number of nitrogens with one attached hydrogen (secondary N) is 1. The van der Waals surface area contributed by atoms with Crippen molar-refractivity contribution < 1.29 is 0 Å². The number of anilines is 1. The summed E-state index contributed by atoms with van der Waals surface area (Å²) in [5.41, 5.74) is 3.50. The van der Waals surface area contributed by atoms with Gasteiger partial charge in [0.2, 0.25) is 0 Å². The summed E-state index contributed by atoms with van der Waals surface area (Å²) < 4.78 is 0. The van der Waals surface area contributed by atoms with E-state index in [-0.39, 0.29) is 6.04 Å². The lowest BCUT2D eigenvalue weighted by Crippen LogP contribution is -2.25. The Kier molecular flexibility index (Phi) is 3.50. The highest BCUT2D eigenvalue weighted by Crippen LogP contribution is 2.30. The van der Waals surface area contributed by atoms with E-state index in [0.717, 1.165) is 5.69 Å². The molecule has 1 unspecified atom stereocenters. The van der Waals surface area contributed by atoms with Gasteiger partial charge in [0.05, 0.1) is 11.7 Å². The fraction of sp³-hybridized carbons (Fsp3) is 0.118. The van der Waals surface area contributed by atoms with Crippen molar-refractivity contribution in [2.75, 3.05) is 11.9 Å². The molecular weight excluding hydrogens is 246 g/mol. The highest BCUT2D eigenvalue weighted by molar-refractivity contribution is 5.50. The van der Waals surface area contributed by atoms with Crippen LogP contribution in [0.5, 0.6) is 0 Å². The third-order valence-electron chi connectivity index (χ3n) is 3.48. The van der Waals surface area contributed by atoms with Gasteiger partial charge >= 0.3 is 0 Å². The zero-order chi connectivity index (χ0) is 13.8. The maximum Gasteiger partial charge on any atom is 0.0957 e. The van der Waals surface area contributed by atoms with Crippen molar-refractivity contribution in [3.63, 3.8) is 0 Å². The van der Waals surface area contributed by atoms with Crippen molar-refractivity contribution in [1.29, 1.82) is 0 Å². The zero-order valence-corrected chi connectivity index (χ0v) is 11.4. The first-order valence-electron chi connectivity index (χ1n) is 6.68. The molecule has 0 fully saturated rings. The van der Waals surface area contributed by atoms with Gasteiger partial charge in [0.25, 0.3) is 0 Å². The van der Waals surface area contributed by atoms with E-state index in [0.29, 0.717) is 0 Å². The third kappa shape index (κ3) is 2.43. The number of aromatic amines is 1. The zero-order valence-electron chi connectivity index (χ0n) is 11.4. The van der Waals surface area contributed by atoms with Gasteiger partial charge < -0.3 is 4.90 Å². The van der Waals surface area contributed by atoms with Gasteiger partial charge in [-0.25, -0.2) is 0 Å². The third-order valence-corrected chi connectivity index (χ3v) is 3.48. The van der Waals surface area contributed by atoms with Gasteiger partial charge in [-0.3, -0.25) is 5.10 Å². The van der Waals surface area contributed by atoms with Crippen LogP contribution in [0.1, 0.15) is 17.3 Å². The molecule has 3 heteroatoms. The monoisotopic (exact) mass is 263 g/mol. The summed E-state index contributed by atoms with van der Waals surface area (Å²) in [4.78, 5) is 2.25. The van der Waals surface area contributed by atoms with E-state index in [1.807, 2.05) is 18.2 Å². The topological polar surface area (TPSA) is 31.9 Å². The summed E-state index contributed by atoms with van der Waals surface area (Å²) in [5.74, 6) is 0. The summed E-state index contributed by atoms with van der Waals surface area (Å²) in [7, 11) is 2.10. The van der Waals surface area contributed by atoms with Crippen molar-refractivity contribution in [2.24, 2.45) is 0 Å². The second kappa shape index (κ2) is 5.61. The largest absolute Gasteiger partial charge is 0.362 e. The Morgan fingerprint density at radius 3 is 2.15 bits per heavy atom. The number of benzene rings is 2. The van der Waals surface area contributed by atoms with E-state index >= 15 is 0 Å². The molecule has 20 heavy (non-hydrogen) atoms. The number of rotatable bonds is 4. The van der Waals surface area contributed by atoms with Gasteiger partial charge in [-0.05, 0) is 23.8 Å². The van der Waals surface area contributed by atoms with Crippen LogP contribution in [0.2, 0.25) is 0 Å². The second-order valence-electron chi connectivity index (χ2n) is 4.77. The average Bonchev–Trinajstić information content (AvgIpc) is 3.03. The Morgan fingerprint density at radius 2 is 1.55 bits per heavy atom. The minimum Gasteiger partial charge on any atom is -0.362 e. The minimum atomic E-state index is 0.126. The molecule has 1 aromatic heterocycles. The first kappa shape index (κ1) is 12.5. The van der Waals surface area contributed by atoms with Crippen molar-refractivity contribution in [2.45, 2.75) is 6.04 Å². The van der Waals surface area contributed by atoms with Crippen LogP contribution < -0.4 is 4.90 Å². The molecule has 0 spiro atoms. The van der Waals surface area contributed by atoms with Crippen LogP contribution in [0.15, 0.2) is 72.9 Å². The fourth-order valence-corrected chi connectivity index (χ4v) is 2.48. The molecule has 0 aliphatic carbocycles. The molecule has 0 radical (unpaired) electrons. The van der Waals surface area contributed by atoms with Crippen molar-refractivity contribution in [1.82, 2.24) is 10.2 Å². The fourth-order valence-electron chi connectivity index (χ4n) is 2.48. The number of hydrogen-bond donors (Lipinski definition) is 1. The smallest absolute Gasteiger partial charge is 0.0957 e.